The number of H-pyrrole nitrogens is 2. The molecule has 8 heteroatoms. The van der Waals surface area contributed by atoms with E-state index in [-0.39, 0.29) is 24.8 Å². The van der Waals surface area contributed by atoms with Gasteiger partial charge in [-0.1, -0.05) is 18.2 Å². The Balaban J connectivity index is 1.58. The van der Waals surface area contributed by atoms with Crippen molar-refractivity contribution in [1.82, 2.24) is 20.2 Å². The maximum absolute atomic E-state index is 12.1. The van der Waals surface area contributed by atoms with E-state index in [1.165, 1.54) is 6.20 Å². The van der Waals surface area contributed by atoms with E-state index in [1.807, 2.05) is 24.3 Å². The van der Waals surface area contributed by atoms with Gasteiger partial charge in [0.2, 0.25) is 0 Å². The Morgan fingerprint density at radius 2 is 2.13 bits per heavy atom. The number of carbonyl (C=O) groups excluding carboxylic acids is 2. The average molecular weight is 316 g/mol. The molecule has 1 aromatic carbocycles. The van der Waals surface area contributed by atoms with E-state index < -0.39 is 11.6 Å². The van der Waals surface area contributed by atoms with Crippen molar-refractivity contribution >= 4 is 11.8 Å². The van der Waals surface area contributed by atoms with Crippen LogP contribution in [0.1, 0.15) is 16.1 Å². The summed E-state index contributed by atoms with van der Waals surface area (Å²) < 4.78 is 5.47. The van der Waals surface area contributed by atoms with Crippen molar-refractivity contribution in [2.45, 2.75) is 6.54 Å². The molecule has 0 bridgehead atoms. The number of benzene rings is 1. The fraction of sp³-hybridized carbons (Fsp3) is 0.267. The number of amides is 2. The second-order valence-electron chi connectivity index (χ2n) is 5.12. The molecule has 2 aromatic rings. The first-order valence-electron chi connectivity index (χ1n) is 7.18. The summed E-state index contributed by atoms with van der Waals surface area (Å²) in [7, 11) is 0. The highest BCUT2D eigenvalue weighted by molar-refractivity contribution is 5.91. The second kappa shape index (κ2) is 6.39. The van der Waals surface area contributed by atoms with Gasteiger partial charge in [0.1, 0.15) is 11.4 Å². The lowest BCUT2D eigenvalue weighted by atomic mass is 10.2. The SMILES string of the molecule is O=C(NCCN1Cc2ccccc2OCC1=O)c1c[nH]c(=O)[nH]1. The van der Waals surface area contributed by atoms with Gasteiger partial charge >= 0.3 is 5.69 Å². The molecular weight excluding hydrogens is 300 g/mol. The fourth-order valence-electron chi connectivity index (χ4n) is 2.36. The molecule has 1 aliphatic rings. The molecule has 2 heterocycles. The number of fused-ring (bicyclic) bond motifs is 1. The van der Waals surface area contributed by atoms with Crippen LogP contribution < -0.4 is 15.7 Å². The first-order valence-corrected chi connectivity index (χ1v) is 7.18. The van der Waals surface area contributed by atoms with E-state index in [0.717, 1.165) is 5.56 Å². The number of hydrogen-bond acceptors (Lipinski definition) is 4. The molecule has 0 fully saturated rings. The van der Waals surface area contributed by atoms with Crippen molar-refractivity contribution in [1.29, 1.82) is 0 Å². The molecule has 120 valence electrons. The molecule has 0 saturated carbocycles. The normalized spacial score (nSPS) is 13.9. The fourth-order valence-corrected chi connectivity index (χ4v) is 2.36. The summed E-state index contributed by atoms with van der Waals surface area (Å²) in [5.74, 6) is 0.171. The molecule has 3 N–H and O–H groups in total. The second-order valence-corrected chi connectivity index (χ2v) is 5.12. The third-order valence-electron chi connectivity index (χ3n) is 3.55. The van der Waals surface area contributed by atoms with E-state index in [0.29, 0.717) is 18.8 Å². The van der Waals surface area contributed by atoms with Crippen molar-refractivity contribution in [3.05, 3.63) is 52.2 Å². The predicted octanol–water partition coefficient (Wildman–Crippen LogP) is -0.146. The Labute approximate surface area is 131 Å². The molecule has 23 heavy (non-hydrogen) atoms. The Morgan fingerprint density at radius 3 is 2.91 bits per heavy atom. The number of hydrogen-bond donors (Lipinski definition) is 3. The lowest BCUT2D eigenvalue weighted by Crippen LogP contribution is -2.39. The van der Waals surface area contributed by atoms with Gasteiger partial charge in [-0.3, -0.25) is 9.59 Å². The average Bonchev–Trinajstić information content (AvgIpc) is 2.92. The van der Waals surface area contributed by atoms with Crippen molar-refractivity contribution in [3.8, 4) is 5.75 Å². The lowest BCUT2D eigenvalue weighted by molar-refractivity contribution is -0.133. The number of rotatable bonds is 4. The largest absolute Gasteiger partial charge is 0.483 e. The maximum atomic E-state index is 12.1. The van der Waals surface area contributed by atoms with Crippen molar-refractivity contribution in [2.75, 3.05) is 19.7 Å². The highest BCUT2D eigenvalue weighted by atomic mass is 16.5. The molecule has 1 aromatic heterocycles. The zero-order chi connectivity index (χ0) is 16.2. The Morgan fingerprint density at radius 1 is 1.30 bits per heavy atom. The van der Waals surface area contributed by atoms with Crippen LogP contribution in [0.25, 0.3) is 0 Å². The van der Waals surface area contributed by atoms with E-state index in [4.69, 9.17) is 4.74 Å². The molecule has 0 saturated heterocycles. The van der Waals surface area contributed by atoms with Gasteiger partial charge in [0.15, 0.2) is 6.61 Å². The summed E-state index contributed by atoms with van der Waals surface area (Å²) in [6, 6.07) is 7.48. The first-order chi connectivity index (χ1) is 11.1. The Kier molecular flexibility index (Phi) is 4.13. The van der Waals surface area contributed by atoms with Gasteiger partial charge < -0.3 is 24.9 Å². The number of nitrogens with one attached hydrogen (secondary N) is 3. The van der Waals surface area contributed by atoms with Gasteiger partial charge in [-0.05, 0) is 6.07 Å². The van der Waals surface area contributed by atoms with Crippen molar-refractivity contribution in [3.63, 3.8) is 0 Å². The maximum Gasteiger partial charge on any atom is 0.323 e. The van der Waals surface area contributed by atoms with Gasteiger partial charge in [-0.2, -0.15) is 0 Å². The van der Waals surface area contributed by atoms with Crippen LogP contribution in [0, 0.1) is 0 Å². The smallest absolute Gasteiger partial charge is 0.323 e. The molecule has 2 amide bonds. The minimum Gasteiger partial charge on any atom is -0.483 e. The van der Waals surface area contributed by atoms with Gasteiger partial charge in [0.05, 0.1) is 0 Å². The molecule has 8 nitrogen and oxygen atoms in total. The van der Waals surface area contributed by atoms with Crippen LogP contribution in [-0.4, -0.2) is 46.4 Å². The number of ether oxygens (including phenoxy) is 1. The number of carbonyl (C=O) groups is 2. The summed E-state index contributed by atoms with van der Waals surface area (Å²) >= 11 is 0. The van der Waals surface area contributed by atoms with Crippen LogP contribution in [0.2, 0.25) is 0 Å². The van der Waals surface area contributed by atoms with Gasteiger partial charge in [0, 0.05) is 31.4 Å². The van der Waals surface area contributed by atoms with E-state index in [9.17, 15) is 14.4 Å². The zero-order valence-electron chi connectivity index (χ0n) is 12.3. The van der Waals surface area contributed by atoms with Gasteiger partial charge in [-0.15, -0.1) is 0 Å². The molecule has 0 spiro atoms. The third-order valence-corrected chi connectivity index (χ3v) is 3.55. The highest BCUT2D eigenvalue weighted by Gasteiger charge is 2.21. The summed E-state index contributed by atoms with van der Waals surface area (Å²) in [6.07, 6.45) is 1.30. The Bertz CT molecular complexity index is 780. The van der Waals surface area contributed by atoms with Crippen molar-refractivity contribution in [2.24, 2.45) is 0 Å². The topological polar surface area (TPSA) is 107 Å². The van der Waals surface area contributed by atoms with Crippen LogP contribution in [0.15, 0.2) is 35.3 Å². The predicted molar refractivity (Wildman–Crippen MR) is 81.1 cm³/mol. The summed E-state index contributed by atoms with van der Waals surface area (Å²) in [4.78, 5) is 41.2. The standard InChI is InChI=1S/C15H16N4O4/c20-13-9-23-12-4-2-1-3-10(12)8-19(13)6-5-16-14(21)11-7-17-15(22)18-11/h1-4,7H,5-6,8-9H2,(H,16,21)(H2,17,18,22). The highest BCUT2D eigenvalue weighted by Crippen LogP contribution is 2.22. The number of para-hydroxylation sites is 1. The minimum absolute atomic E-state index is 0.0178. The van der Waals surface area contributed by atoms with Crippen LogP contribution in [0.5, 0.6) is 5.75 Å². The monoisotopic (exact) mass is 316 g/mol. The zero-order valence-corrected chi connectivity index (χ0v) is 12.3. The molecule has 3 rings (SSSR count). The van der Waals surface area contributed by atoms with E-state index >= 15 is 0 Å². The molecule has 0 aliphatic carbocycles. The lowest BCUT2D eigenvalue weighted by Gasteiger charge is -2.20. The molecule has 1 aliphatic heterocycles. The van der Waals surface area contributed by atoms with Crippen LogP contribution in [-0.2, 0) is 11.3 Å². The molecule has 0 unspecified atom stereocenters. The van der Waals surface area contributed by atoms with Crippen molar-refractivity contribution < 1.29 is 14.3 Å². The first kappa shape index (κ1) is 14.9. The van der Waals surface area contributed by atoms with Gasteiger partial charge in [-0.25, -0.2) is 4.79 Å². The van der Waals surface area contributed by atoms with E-state index in [1.54, 1.807) is 4.90 Å². The number of imidazole rings is 1. The Hall–Kier alpha value is -3.03. The quantitative estimate of drug-likeness (QED) is 0.729. The minimum atomic E-state index is -0.438. The van der Waals surface area contributed by atoms with Crippen LogP contribution >= 0.6 is 0 Å². The van der Waals surface area contributed by atoms with Crippen LogP contribution in [0.4, 0.5) is 0 Å². The van der Waals surface area contributed by atoms with Gasteiger partial charge in [0.25, 0.3) is 11.8 Å². The molecule has 0 radical (unpaired) electrons. The molecular formula is C15H16N4O4. The summed E-state index contributed by atoms with van der Waals surface area (Å²) in [5.41, 5.74) is 0.650. The van der Waals surface area contributed by atoms with E-state index in [2.05, 4.69) is 15.3 Å². The molecule has 0 atom stereocenters. The summed E-state index contributed by atoms with van der Waals surface area (Å²) in [6.45, 7) is 1.05. The number of aromatic amines is 2. The third kappa shape index (κ3) is 3.42. The van der Waals surface area contributed by atoms with Crippen LogP contribution in [0.3, 0.4) is 0 Å². The number of aromatic nitrogens is 2. The number of nitrogens with zero attached hydrogens (tertiary/aromatic N) is 1. The summed E-state index contributed by atoms with van der Waals surface area (Å²) in [5, 5.41) is 2.66.